The zero-order valence-electron chi connectivity index (χ0n) is 9.60. The Balaban J connectivity index is 2.41. The molecule has 1 aliphatic rings. The molecule has 0 atom stereocenters. The summed E-state index contributed by atoms with van der Waals surface area (Å²) in [6, 6.07) is 0.264. The van der Waals surface area contributed by atoms with Gasteiger partial charge < -0.3 is 0 Å². The number of hydrogen-bond acceptors (Lipinski definition) is 5. The first-order valence-corrected chi connectivity index (χ1v) is 6.58. The third kappa shape index (κ3) is 2.51. The topological polar surface area (TPSA) is 80.8 Å². The summed E-state index contributed by atoms with van der Waals surface area (Å²) in [5.41, 5.74) is 0. The largest absolute Gasteiger partial charge is 0.324 e. The molecule has 1 aromatic carbocycles. The summed E-state index contributed by atoms with van der Waals surface area (Å²) in [7, 11) is -5.12. The lowest BCUT2D eigenvalue weighted by atomic mass is 10.3. The standard InChI is InChI=1S/C10H6F3NO5S/c11-5-3-6(12)10(7(13)4-5)20(17,18)19-14-8(15)1-2-9(14)16/h3-4H,1-2H2. The maximum Gasteiger partial charge on any atom is 0.324 e. The SMILES string of the molecule is O=C1CCC(=O)N1OS(=O)(=O)c1c(F)cc(F)cc1F. The van der Waals surface area contributed by atoms with E-state index in [1.807, 2.05) is 0 Å². The number of hydroxylamine groups is 2. The van der Waals surface area contributed by atoms with Gasteiger partial charge in [-0.1, -0.05) is 0 Å². The monoisotopic (exact) mass is 309 g/mol. The van der Waals surface area contributed by atoms with Gasteiger partial charge in [0.05, 0.1) is 0 Å². The van der Waals surface area contributed by atoms with Crippen LogP contribution in [0, 0.1) is 17.5 Å². The third-order valence-electron chi connectivity index (χ3n) is 2.39. The molecule has 0 radical (unpaired) electrons. The summed E-state index contributed by atoms with van der Waals surface area (Å²) in [5, 5.41) is -0.0857. The number of rotatable bonds is 3. The van der Waals surface area contributed by atoms with E-state index >= 15 is 0 Å². The summed E-state index contributed by atoms with van der Waals surface area (Å²) in [6.07, 6.45) is -0.550. The minimum absolute atomic E-state index is 0.0857. The first kappa shape index (κ1) is 14.5. The third-order valence-corrected chi connectivity index (χ3v) is 3.63. The molecule has 0 bridgehead atoms. The highest BCUT2D eigenvalue weighted by atomic mass is 32.2. The Hall–Kier alpha value is -1.94. The summed E-state index contributed by atoms with van der Waals surface area (Å²) in [4.78, 5) is 20.8. The highest BCUT2D eigenvalue weighted by Gasteiger charge is 2.37. The quantitative estimate of drug-likeness (QED) is 0.774. The molecule has 1 aliphatic heterocycles. The maximum absolute atomic E-state index is 13.3. The van der Waals surface area contributed by atoms with E-state index in [4.69, 9.17) is 0 Å². The molecule has 108 valence electrons. The molecule has 1 fully saturated rings. The van der Waals surface area contributed by atoms with E-state index in [-0.39, 0.29) is 30.0 Å². The molecule has 0 spiro atoms. The van der Waals surface area contributed by atoms with Crippen molar-refractivity contribution in [1.82, 2.24) is 5.06 Å². The van der Waals surface area contributed by atoms with E-state index < -0.39 is 44.3 Å². The van der Waals surface area contributed by atoms with Gasteiger partial charge in [0, 0.05) is 25.0 Å². The second-order valence-electron chi connectivity index (χ2n) is 3.81. The van der Waals surface area contributed by atoms with Crippen molar-refractivity contribution in [3.8, 4) is 0 Å². The van der Waals surface area contributed by atoms with Crippen LogP contribution in [0.4, 0.5) is 13.2 Å². The minimum atomic E-state index is -5.12. The normalized spacial score (nSPS) is 16.1. The number of carbonyl (C=O) groups is 2. The Labute approximate surface area is 110 Å². The van der Waals surface area contributed by atoms with Gasteiger partial charge in [-0.3, -0.25) is 9.59 Å². The van der Waals surface area contributed by atoms with Crippen LogP contribution in [0.1, 0.15) is 12.8 Å². The van der Waals surface area contributed by atoms with Crippen molar-refractivity contribution in [2.24, 2.45) is 0 Å². The van der Waals surface area contributed by atoms with Crippen LogP contribution < -0.4 is 0 Å². The van der Waals surface area contributed by atoms with Gasteiger partial charge in [-0.15, -0.1) is 9.35 Å². The minimum Gasteiger partial charge on any atom is -0.272 e. The van der Waals surface area contributed by atoms with Crippen molar-refractivity contribution in [2.75, 3.05) is 0 Å². The Kier molecular flexibility index (Phi) is 3.52. The molecular weight excluding hydrogens is 303 g/mol. The lowest BCUT2D eigenvalue weighted by Crippen LogP contribution is -2.32. The van der Waals surface area contributed by atoms with Crippen molar-refractivity contribution in [3.63, 3.8) is 0 Å². The van der Waals surface area contributed by atoms with Gasteiger partial charge in [-0.2, -0.15) is 8.42 Å². The summed E-state index contributed by atoms with van der Waals surface area (Å²) in [6.45, 7) is 0. The van der Waals surface area contributed by atoms with Crippen LogP contribution in [0.15, 0.2) is 17.0 Å². The lowest BCUT2D eigenvalue weighted by molar-refractivity contribution is -0.163. The molecule has 10 heteroatoms. The van der Waals surface area contributed by atoms with Gasteiger partial charge in [-0.05, 0) is 0 Å². The Morgan fingerprint density at radius 1 is 1.00 bits per heavy atom. The summed E-state index contributed by atoms with van der Waals surface area (Å²) in [5.74, 6) is -6.71. The first-order chi connectivity index (χ1) is 9.22. The van der Waals surface area contributed by atoms with E-state index in [1.54, 1.807) is 0 Å². The Bertz CT molecular complexity index is 664. The first-order valence-electron chi connectivity index (χ1n) is 5.17. The Morgan fingerprint density at radius 3 is 1.90 bits per heavy atom. The lowest BCUT2D eigenvalue weighted by Gasteiger charge is -2.13. The summed E-state index contributed by atoms with van der Waals surface area (Å²) < 4.78 is 66.8. The van der Waals surface area contributed by atoms with E-state index in [0.29, 0.717) is 0 Å². The van der Waals surface area contributed by atoms with E-state index in [1.165, 1.54) is 0 Å². The summed E-state index contributed by atoms with van der Waals surface area (Å²) >= 11 is 0. The van der Waals surface area contributed by atoms with Gasteiger partial charge in [0.25, 0.3) is 11.8 Å². The average Bonchev–Trinajstić information content (AvgIpc) is 2.58. The van der Waals surface area contributed by atoms with Gasteiger partial charge in [0.15, 0.2) is 4.90 Å². The van der Waals surface area contributed by atoms with Gasteiger partial charge >= 0.3 is 10.1 Å². The van der Waals surface area contributed by atoms with Gasteiger partial charge in [-0.25, -0.2) is 13.2 Å². The van der Waals surface area contributed by atoms with Crippen molar-refractivity contribution in [2.45, 2.75) is 17.7 Å². The highest BCUT2D eigenvalue weighted by Crippen LogP contribution is 2.24. The molecule has 0 N–H and O–H groups in total. The van der Waals surface area contributed by atoms with Crippen LogP contribution >= 0.6 is 0 Å². The number of imide groups is 1. The van der Waals surface area contributed by atoms with Crippen molar-refractivity contribution in [1.29, 1.82) is 0 Å². The maximum atomic E-state index is 13.3. The number of benzene rings is 1. The van der Waals surface area contributed by atoms with E-state index in [9.17, 15) is 31.2 Å². The number of nitrogens with zero attached hydrogens (tertiary/aromatic N) is 1. The van der Waals surface area contributed by atoms with Crippen molar-refractivity contribution < 1.29 is 35.5 Å². The molecule has 0 aromatic heterocycles. The molecule has 1 aromatic rings. The molecule has 0 aliphatic carbocycles. The molecule has 2 amide bonds. The molecule has 0 saturated carbocycles. The molecular formula is C10H6F3NO5S. The molecule has 0 unspecified atom stereocenters. The van der Waals surface area contributed by atoms with Crippen LogP contribution in [0.5, 0.6) is 0 Å². The predicted molar refractivity (Wildman–Crippen MR) is 55.7 cm³/mol. The molecule has 1 saturated heterocycles. The average molecular weight is 309 g/mol. The predicted octanol–water partition coefficient (Wildman–Crippen LogP) is 0.873. The highest BCUT2D eigenvalue weighted by molar-refractivity contribution is 7.86. The number of hydrogen-bond donors (Lipinski definition) is 0. The van der Waals surface area contributed by atoms with Crippen LogP contribution in [0.3, 0.4) is 0 Å². The van der Waals surface area contributed by atoms with Crippen LogP contribution in [0.2, 0.25) is 0 Å². The van der Waals surface area contributed by atoms with Crippen molar-refractivity contribution in [3.05, 3.63) is 29.6 Å². The fraction of sp³-hybridized carbons (Fsp3) is 0.200. The fourth-order valence-corrected chi connectivity index (χ4v) is 2.57. The van der Waals surface area contributed by atoms with E-state index in [0.717, 1.165) is 0 Å². The van der Waals surface area contributed by atoms with Crippen LogP contribution in [0.25, 0.3) is 0 Å². The number of carbonyl (C=O) groups excluding carboxylic acids is 2. The zero-order chi connectivity index (χ0) is 15.1. The van der Waals surface area contributed by atoms with Crippen LogP contribution in [-0.4, -0.2) is 25.3 Å². The fourth-order valence-electron chi connectivity index (χ4n) is 1.54. The molecule has 2 rings (SSSR count). The van der Waals surface area contributed by atoms with Crippen molar-refractivity contribution >= 4 is 21.9 Å². The second kappa shape index (κ2) is 4.87. The number of halogens is 3. The second-order valence-corrected chi connectivity index (χ2v) is 5.27. The Morgan fingerprint density at radius 2 is 1.45 bits per heavy atom. The molecule has 6 nitrogen and oxygen atoms in total. The van der Waals surface area contributed by atoms with Crippen LogP contribution in [-0.2, 0) is 24.0 Å². The van der Waals surface area contributed by atoms with Gasteiger partial charge in [0.1, 0.15) is 17.5 Å². The smallest absolute Gasteiger partial charge is 0.272 e. The van der Waals surface area contributed by atoms with E-state index in [2.05, 4.69) is 4.28 Å². The number of amides is 2. The molecule has 20 heavy (non-hydrogen) atoms. The molecule has 1 heterocycles. The zero-order valence-corrected chi connectivity index (χ0v) is 10.4. The van der Waals surface area contributed by atoms with Gasteiger partial charge in [0.2, 0.25) is 0 Å².